The summed E-state index contributed by atoms with van der Waals surface area (Å²) in [5, 5.41) is 9.00. The van der Waals surface area contributed by atoms with Gasteiger partial charge in [-0.2, -0.15) is 0 Å². The Hall–Kier alpha value is -0.780. The summed E-state index contributed by atoms with van der Waals surface area (Å²) in [6.45, 7) is 5.39. The molecule has 0 aliphatic carbocycles. The van der Waals surface area contributed by atoms with E-state index in [4.69, 9.17) is 20.3 Å². The van der Waals surface area contributed by atoms with Crippen molar-refractivity contribution in [1.29, 1.82) is 0 Å². The smallest absolute Gasteiger partial charge is 0.175 e. The van der Waals surface area contributed by atoms with Crippen LogP contribution in [0.2, 0.25) is 0 Å². The van der Waals surface area contributed by atoms with Crippen molar-refractivity contribution in [1.82, 2.24) is 0 Å². The zero-order valence-corrected chi connectivity index (χ0v) is 12.4. The lowest BCUT2D eigenvalue weighted by molar-refractivity contribution is 0.169. The highest BCUT2D eigenvalue weighted by molar-refractivity contribution is 9.10. The van der Waals surface area contributed by atoms with E-state index >= 15 is 0 Å². The Labute approximate surface area is 116 Å². The summed E-state index contributed by atoms with van der Waals surface area (Å²) in [7, 11) is 0. The van der Waals surface area contributed by atoms with Crippen LogP contribution in [0.4, 0.5) is 0 Å². The lowest BCUT2D eigenvalue weighted by Gasteiger charge is -2.16. The number of halogens is 1. The van der Waals surface area contributed by atoms with Gasteiger partial charge in [0.1, 0.15) is 0 Å². The van der Waals surface area contributed by atoms with Crippen molar-refractivity contribution in [3.8, 4) is 11.5 Å². The summed E-state index contributed by atoms with van der Waals surface area (Å²) in [6, 6.07) is 3.80. The van der Waals surface area contributed by atoms with Crippen LogP contribution < -0.4 is 15.2 Å². The first kappa shape index (κ1) is 15.3. The molecule has 3 N–H and O–H groups in total. The Morgan fingerprint density at radius 3 is 2.67 bits per heavy atom. The van der Waals surface area contributed by atoms with Crippen LogP contribution in [0.1, 0.15) is 19.4 Å². The first-order valence-corrected chi connectivity index (χ1v) is 6.80. The van der Waals surface area contributed by atoms with E-state index in [0.717, 1.165) is 10.0 Å². The Balaban J connectivity index is 2.92. The summed E-state index contributed by atoms with van der Waals surface area (Å²) in [5.74, 6) is 1.42. The van der Waals surface area contributed by atoms with Crippen molar-refractivity contribution in [2.45, 2.75) is 20.4 Å². The second kappa shape index (κ2) is 7.61. The molecule has 0 aliphatic heterocycles. The number of aliphatic hydroxyl groups excluding tert-OH is 1. The fourth-order valence-corrected chi connectivity index (χ4v) is 2.02. The number of aliphatic hydroxyl groups is 1. The second-order valence-corrected chi connectivity index (χ2v) is 5.00. The van der Waals surface area contributed by atoms with E-state index in [1.807, 2.05) is 26.0 Å². The van der Waals surface area contributed by atoms with Crippen LogP contribution in [-0.2, 0) is 6.54 Å². The molecule has 0 saturated heterocycles. The van der Waals surface area contributed by atoms with Crippen LogP contribution in [0, 0.1) is 5.92 Å². The third kappa shape index (κ3) is 4.15. The highest BCUT2D eigenvalue weighted by atomic mass is 79.9. The molecule has 1 unspecified atom stereocenters. The molecular formula is C13H20BrNO3. The molecule has 5 heteroatoms. The summed E-state index contributed by atoms with van der Waals surface area (Å²) in [4.78, 5) is 0. The molecule has 0 saturated carbocycles. The van der Waals surface area contributed by atoms with Crippen LogP contribution in [0.3, 0.4) is 0 Å². The third-order valence-corrected chi connectivity index (χ3v) is 3.02. The minimum Gasteiger partial charge on any atom is -0.490 e. The average molecular weight is 318 g/mol. The highest BCUT2D eigenvalue weighted by Gasteiger charge is 2.13. The van der Waals surface area contributed by atoms with Crippen LogP contribution in [0.25, 0.3) is 0 Å². The molecule has 102 valence electrons. The van der Waals surface area contributed by atoms with Crippen molar-refractivity contribution in [3.63, 3.8) is 0 Å². The fraction of sp³-hybridized carbons (Fsp3) is 0.538. The maximum Gasteiger partial charge on any atom is 0.175 e. The van der Waals surface area contributed by atoms with Crippen molar-refractivity contribution in [2.24, 2.45) is 11.7 Å². The summed E-state index contributed by atoms with van der Waals surface area (Å²) < 4.78 is 12.1. The van der Waals surface area contributed by atoms with Crippen LogP contribution >= 0.6 is 15.9 Å². The van der Waals surface area contributed by atoms with Crippen LogP contribution in [-0.4, -0.2) is 24.9 Å². The van der Waals surface area contributed by atoms with Gasteiger partial charge < -0.3 is 20.3 Å². The topological polar surface area (TPSA) is 64.7 Å². The van der Waals surface area contributed by atoms with E-state index in [1.54, 1.807) is 0 Å². The Morgan fingerprint density at radius 2 is 2.11 bits per heavy atom. The quantitative estimate of drug-likeness (QED) is 0.810. The molecule has 0 aliphatic rings. The minimum atomic E-state index is 0.0839. The highest BCUT2D eigenvalue weighted by Crippen LogP contribution is 2.37. The van der Waals surface area contributed by atoms with Gasteiger partial charge in [-0.15, -0.1) is 0 Å². The molecule has 0 amide bonds. The molecule has 0 aromatic heterocycles. The zero-order valence-electron chi connectivity index (χ0n) is 10.8. The standard InChI is InChI=1S/C13H20BrNO3/c1-3-17-12-5-10(6-15)4-11(14)13(12)18-8-9(2)7-16/h4-5,9,16H,3,6-8,15H2,1-2H3. The van der Waals surface area contributed by atoms with E-state index in [0.29, 0.717) is 31.3 Å². The van der Waals surface area contributed by atoms with Gasteiger partial charge in [-0.25, -0.2) is 0 Å². The lowest BCUT2D eigenvalue weighted by atomic mass is 10.2. The number of benzene rings is 1. The van der Waals surface area contributed by atoms with E-state index in [1.165, 1.54) is 0 Å². The molecule has 1 aromatic carbocycles. The van der Waals surface area contributed by atoms with Crippen molar-refractivity contribution >= 4 is 15.9 Å². The number of nitrogens with two attached hydrogens (primary N) is 1. The van der Waals surface area contributed by atoms with Crippen molar-refractivity contribution < 1.29 is 14.6 Å². The molecule has 0 bridgehead atoms. The van der Waals surface area contributed by atoms with Crippen LogP contribution in [0.15, 0.2) is 16.6 Å². The predicted molar refractivity (Wildman–Crippen MR) is 74.9 cm³/mol. The molecule has 1 atom stereocenters. The first-order valence-electron chi connectivity index (χ1n) is 6.01. The largest absolute Gasteiger partial charge is 0.490 e. The monoisotopic (exact) mass is 317 g/mol. The van der Waals surface area contributed by atoms with Gasteiger partial charge >= 0.3 is 0 Å². The van der Waals surface area contributed by atoms with Gasteiger partial charge in [0.2, 0.25) is 0 Å². The normalized spacial score (nSPS) is 12.3. The van der Waals surface area contributed by atoms with E-state index in [-0.39, 0.29) is 12.5 Å². The first-order chi connectivity index (χ1) is 8.62. The van der Waals surface area contributed by atoms with Crippen molar-refractivity contribution in [2.75, 3.05) is 19.8 Å². The van der Waals surface area contributed by atoms with Crippen LogP contribution in [0.5, 0.6) is 11.5 Å². The Bertz CT molecular complexity index is 385. The van der Waals surface area contributed by atoms with Gasteiger partial charge in [0.15, 0.2) is 11.5 Å². The SMILES string of the molecule is CCOc1cc(CN)cc(Br)c1OCC(C)CO. The van der Waals surface area contributed by atoms with Crippen molar-refractivity contribution in [3.05, 3.63) is 22.2 Å². The Kier molecular flexibility index (Phi) is 6.46. The molecule has 18 heavy (non-hydrogen) atoms. The van der Waals surface area contributed by atoms with Gasteiger partial charge in [-0.3, -0.25) is 0 Å². The average Bonchev–Trinajstić information content (AvgIpc) is 2.37. The molecular weight excluding hydrogens is 298 g/mol. The number of hydrogen-bond acceptors (Lipinski definition) is 4. The lowest BCUT2D eigenvalue weighted by Crippen LogP contribution is -2.13. The number of rotatable bonds is 7. The van der Waals surface area contributed by atoms with Gasteiger partial charge in [-0.05, 0) is 40.5 Å². The summed E-state index contributed by atoms with van der Waals surface area (Å²) in [6.07, 6.45) is 0. The predicted octanol–water partition coefficient (Wildman–Crippen LogP) is 2.31. The fourth-order valence-electron chi connectivity index (χ4n) is 1.42. The van der Waals surface area contributed by atoms with Gasteiger partial charge in [0.05, 0.1) is 17.7 Å². The molecule has 4 nitrogen and oxygen atoms in total. The number of ether oxygens (including phenoxy) is 2. The molecule has 0 fully saturated rings. The molecule has 1 aromatic rings. The minimum absolute atomic E-state index is 0.0839. The molecule has 0 radical (unpaired) electrons. The second-order valence-electron chi connectivity index (χ2n) is 4.14. The number of hydrogen-bond donors (Lipinski definition) is 2. The molecule has 0 heterocycles. The summed E-state index contributed by atoms with van der Waals surface area (Å²) >= 11 is 3.46. The van der Waals surface area contributed by atoms with Gasteiger partial charge in [-0.1, -0.05) is 6.92 Å². The van der Waals surface area contributed by atoms with E-state index in [2.05, 4.69) is 15.9 Å². The zero-order chi connectivity index (χ0) is 13.5. The maximum absolute atomic E-state index is 9.00. The van der Waals surface area contributed by atoms with E-state index < -0.39 is 0 Å². The van der Waals surface area contributed by atoms with Gasteiger partial charge in [0.25, 0.3) is 0 Å². The Morgan fingerprint density at radius 1 is 1.39 bits per heavy atom. The van der Waals surface area contributed by atoms with E-state index in [9.17, 15) is 0 Å². The maximum atomic E-state index is 9.00. The third-order valence-electron chi connectivity index (χ3n) is 2.43. The molecule has 1 rings (SSSR count). The summed E-state index contributed by atoms with van der Waals surface area (Å²) in [5.41, 5.74) is 6.61. The van der Waals surface area contributed by atoms with Gasteiger partial charge in [0, 0.05) is 19.1 Å². The molecule has 0 spiro atoms.